The van der Waals surface area contributed by atoms with Crippen molar-refractivity contribution in [2.75, 3.05) is 18.4 Å². The Morgan fingerprint density at radius 1 is 0.875 bits per heavy atom. The summed E-state index contributed by atoms with van der Waals surface area (Å²) >= 11 is 0. The smallest absolute Gasteiger partial charge is 0.322 e. The average molecular weight is 535 g/mol. The summed E-state index contributed by atoms with van der Waals surface area (Å²) in [6, 6.07) is 27.8. The zero-order valence-electron chi connectivity index (χ0n) is 22.1. The second-order valence-electron chi connectivity index (χ2n) is 10.4. The van der Waals surface area contributed by atoms with Gasteiger partial charge in [-0.1, -0.05) is 66.7 Å². The van der Waals surface area contributed by atoms with Crippen molar-refractivity contribution in [2.24, 2.45) is 0 Å². The first kappa shape index (κ1) is 25.6. The molecule has 0 atom stereocenters. The van der Waals surface area contributed by atoms with Gasteiger partial charge in [0, 0.05) is 41.6 Å². The molecule has 0 spiro atoms. The first-order valence-electron chi connectivity index (χ1n) is 13.7. The van der Waals surface area contributed by atoms with Crippen LogP contribution in [0, 0.1) is 5.82 Å². The molecule has 1 aliphatic rings. The minimum Gasteiger partial charge on any atom is -0.361 e. The van der Waals surface area contributed by atoms with Crippen molar-refractivity contribution in [3.8, 4) is 0 Å². The number of aromatic nitrogens is 1. The number of rotatable bonds is 9. The van der Waals surface area contributed by atoms with Crippen LogP contribution in [0.4, 0.5) is 14.9 Å². The third-order valence-electron chi connectivity index (χ3n) is 7.55. The predicted octanol–water partition coefficient (Wildman–Crippen LogP) is 6.73. The summed E-state index contributed by atoms with van der Waals surface area (Å²) in [5, 5.41) is 6.18. The van der Waals surface area contributed by atoms with Crippen molar-refractivity contribution in [1.82, 2.24) is 14.8 Å². The molecular weight excluding hydrogens is 503 g/mol. The molecule has 1 saturated carbocycles. The van der Waals surface area contributed by atoms with Crippen LogP contribution >= 0.6 is 0 Å². The Hall–Kier alpha value is -4.65. The molecule has 4 aromatic carbocycles. The van der Waals surface area contributed by atoms with Crippen LogP contribution < -0.4 is 5.32 Å². The lowest BCUT2D eigenvalue weighted by Gasteiger charge is -2.28. The highest BCUT2D eigenvalue weighted by Crippen LogP contribution is 2.29. The topological polar surface area (TPSA) is 68.4 Å². The minimum absolute atomic E-state index is 0.0175. The molecular formula is C33H31FN4O2. The highest BCUT2D eigenvalue weighted by atomic mass is 19.1. The molecule has 1 fully saturated rings. The first-order chi connectivity index (χ1) is 19.5. The third-order valence-corrected chi connectivity index (χ3v) is 7.55. The summed E-state index contributed by atoms with van der Waals surface area (Å²) < 4.78 is 13.6. The second kappa shape index (κ2) is 11.2. The Bertz CT molecular complexity index is 1650. The molecule has 2 N–H and O–H groups in total. The van der Waals surface area contributed by atoms with Gasteiger partial charge in [0.05, 0.1) is 5.69 Å². The summed E-state index contributed by atoms with van der Waals surface area (Å²) in [6.45, 7) is 0.794. The summed E-state index contributed by atoms with van der Waals surface area (Å²) in [5.41, 5.74) is 3.75. The number of aromatic amines is 1. The van der Waals surface area contributed by atoms with Gasteiger partial charge in [-0.3, -0.25) is 4.79 Å². The number of carbonyl (C=O) groups excluding carboxylic acids is 2. The normalized spacial score (nSPS) is 12.9. The summed E-state index contributed by atoms with van der Waals surface area (Å²) in [6.07, 6.45) is 4.40. The Balaban J connectivity index is 1.20. The highest BCUT2D eigenvalue weighted by molar-refractivity contribution is 6.02. The van der Waals surface area contributed by atoms with E-state index in [2.05, 4.69) is 16.4 Å². The van der Waals surface area contributed by atoms with Crippen molar-refractivity contribution in [2.45, 2.75) is 31.8 Å². The molecule has 1 heterocycles. The number of para-hydroxylation sites is 1. The first-order valence-corrected chi connectivity index (χ1v) is 13.7. The van der Waals surface area contributed by atoms with E-state index in [1.165, 1.54) is 12.1 Å². The summed E-state index contributed by atoms with van der Waals surface area (Å²) in [5.74, 6) is -0.449. The van der Waals surface area contributed by atoms with Crippen LogP contribution in [0.1, 0.15) is 24.0 Å². The highest BCUT2D eigenvalue weighted by Gasteiger charge is 2.35. The van der Waals surface area contributed by atoms with Gasteiger partial charge < -0.3 is 20.1 Å². The van der Waals surface area contributed by atoms with E-state index >= 15 is 0 Å². The van der Waals surface area contributed by atoms with Crippen LogP contribution in [0.15, 0.2) is 97.2 Å². The lowest BCUT2D eigenvalue weighted by molar-refractivity contribution is -0.132. The van der Waals surface area contributed by atoms with E-state index in [0.717, 1.165) is 51.3 Å². The van der Waals surface area contributed by atoms with E-state index in [-0.39, 0.29) is 30.3 Å². The maximum atomic E-state index is 13.8. The van der Waals surface area contributed by atoms with Crippen molar-refractivity contribution in [3.63, 3.8) is 0 Å². The van der Waals surface area contributed by atoms with E-state index in [1.807, 2.05) is 66.9 Å². The van der Waals surface area contributed by atoms with Crippen molar-refractivity contribution < 1.29 is 14.0 Å². The molecule has 7 heteroatoms. The fourth-order valence-electron chi connectivity index (χ4n) is 5.22. The average Bonchev–Trinajstić information content (AvgIpc) is 3.74. The molecule has 5 aromatic rings. The predicted molar refractivity (Wildman–Crippen MR) is 157 cm³/mol. The van der Waals surface area contributed by atoms with Crippen LogP contribution in [0.2, 0.25) is 0 Å². The number of urea groups is 1. The summed E-state index contributed by atoms with van der Waals surface area (Å²) in [7, 11) is 0. The van der Waals surface area contributed by atoms with Gasteiger partial charge in [0.15, 0.2) is 0 Å². The Morgan fingerprint density at radius 2 is 1.60 bits per heavy atom. The fraction of sp³-hybridized carbons (Fsp3) is 0.212. The van der Waals surface area contributed by atoms with Gasteiger partial charge in [-0.05, 0) is 60.0 Å². The number of H-pyrrole nitrogens is 1. The molecule has 1 aliphatic carbocycles. The van der Waals surface area contributed by atoms with Crippen molar-refractivity contribution >= 4 is 39.3 Å². The molecule has 0 aliphatic heterocycles. The Labute approximate surface area is 232 Å². The third kappa shape index (κ3) is 5.69. The molecule has 6 rings (SSSR count). The molecule has 202 valence electrons. The van der Waals surface area contributed by atoms with E-state index in [9.17, 15) is 14.0 Å². The molecule has 0 saturated heterocycles. The lowest BCUT2D eigenvalue weighted by atomic mass is 10.1. The SMILES string of the molecule is O=C(CN(C(=O)Nc1cccc2ccccc12)C1CC1)N(CCc1c[nH]c2ccccc12)Cc1ccc(F)cc1. The Kier molecular flexibility index (Phi) is 7.19. The molecule has 3 amide bonds. The Morgan fingerprint density at radius 3 is 2.40 bits per heavy atom. The zero-order valence-corrected chi connectivity index (χ0v) is 22.1. The van der Waals surface area contributed by atoms with Gasteiger partial charge >= 0.3 is 6.03 Å². The van der Waals surface area contributed by atoms with E-state index in [0.29, 0.717) is 19.5 Å². The van der Waals surface area contributed by atoms with Crippen molar-refractivity contribution in [1.29, 1.82) is 0 Å². The zero-order chi connectivity index (χ0) is 27.5. The van der Waals surface area contributed by atoms with Crippen LogP contribution in [-0.4, -0.2) is 45.9 Å². The standard InChI is InChI=1S/C33H31FN4O2/c34-26-14-12-23(13-15-26)21-37(19-18-25-20-35-30-10-4-3-9-29(25)30)32(39)22-38(27-16-17-27)33(40)36-31-11-5-7-24-6-1-2-8-28(24)31/h1-15,20,27,35H,16-19,21-22H2,(H,36,40). The number of benzene rings is 4. The van der Waals surface area contributed by atoms with Crippen LogP contribution in [0.5, 0.6) is 0 Å². The maximum Gasteiger partial charge on any atom is 0.322 e. The molecule has 6 nitrogen and oxygen atoms in total. The number of nitrogens with one attached hydrogen (secondary N) is 2. The molecule has 0 unspecified atom stereocenters. The second-order valence-corrected chi connectivity index (χ2v) is 10.4. The van der Waals surface area contributed by atoms with Gasteiger partial charge in [-0.25, -0.2) is 9.18 Å². The number of carbonyl (C=O) groups is 2. The van der Waals surface area contributed by atoms with Gasteiger partial charge in [0.1, 0.15) is 12.4 Å². The summed E-state index contributed by atoms with van der Waals surface area (Å²) in [4.78, 5) is 34.0. The number of hydrogen-bond donors (Lipinski definition) is 2. The van der Waals surface area contributed by atoms with Gasteiger partial charge in [-0.2, -0.15) is 0 Å². The van der Waals surface area contributed by atoms with E-state index in [4.69, 9.17) is 0 Å². The number of anilines is 1. The van der Waals surface area contributed by atoms with Crippen molar-refractivity contribution in [3.05, 3.63) is 114 Å². The number of hydrogen-bond acceptors (Lipinski definition) is 2. The monoisotopic (exact) mass is 534 g/mol. The quantitative estimate of drug-likeness (QED) is 0.220. The largest absolute Gasteiger partial charge is 0.361 e. The minimum atomic E-state index is -0.314. The molecule has 1 aromatic heterocycles. The van der Waals surface area contributed by atoms with Gasteiger partial charge in [0.2, 0.25) is 5.91 Å². The van der Waals surface area contributed by atoms with Crippen LogP contribution in [0.3, 0.4) is 0 Å². The fourth-order valence-corrected chi connectivity index (χ4v) is 5.22. The molecule has 40 heavy (non-hydrogen) atoms. The lowest BCUT2D eigenvalue weighted by Crippen LogP contribution is -2.45. The number of halogens is 1. The maximum absolute atomic E-state index is 13.8. The van der Waals surface area contributed by atoms with E-state index < -0.39 is 0 Å². The number of nitrogens with zero attached hydrogens (tertiary/aromatic N) is 2. The van der Waals surface area contributed by atoms with Crippen LogP contribution in [-0.2, 0) is 17.8 Å². The van der Waals surface area contributed by atoms with Gasteiger partial charge in [0.25, 0.3) is 0 Å². The molecule has 0 bridgehead atoms. The van der Waals surface area contributed by atoms with E-state index in [1.54, 1.807) is 21.9 Å². The van der Waals surface area contributed by atoms with Gasteiger partial charge in [-0.15, -0.1) is 0 Å². The molecule has 0 radical (unpaired) electrons. The number of amides is 3. The van der Waals surface area contributed by atoms with Crippen LogP contribution in [0.25, 0.3) is 21.7 Å². The number of fused-ring (bicyclic) bond motifs is 2.